The summed E-state index contributed by atoms with van der Waals surface area (Å²) >= 11 is 3.45. The maximum Gasteiger partial charge on any atom is 0.0940 e. The number of hydrogen-bond donors (Lipinski definition) is 2. The minimum absolute atomic E-state index is 0.241. The Morgan fingerprint density at radius 1 is 1.29 bits per heavy atom. The molecule has 0 saturated heterocycles. The zero-order valence-corrected chi connectivity index (χ0v) is 10.3. The van der Waals surface area contributed by atoms with E-state index in [0.29, 0.717) is 0 Å². The Hall–Kier alpha value is -0.380. The first kappa shape index (κ1) is 11.7. The zero-order valence-electron chi connectivity index (χ0n) is 8.71. The van der Waals surface area contributed by atoms with Crippen LogP contribution in [0.4, 0.5) is 0 Å². The van der Waals surface area contributed by atoms with Crippen LogP contribution in [0.2, 0.25) is 0 Å². The van der Waals surface area contributed by atoms with Gasteiger partial charge in [0.2, 0.25) is 0 Å². The first-order chi connectivity index (χ1) is 6.45. The first-order valence-electron chi connectivity index (χ1n) is 4.64. The molecule has 3 heteroatoms. The lowest BCUT2D eigenvalue weighted by molar-refractivity contribution is 0.152. The Morgan fingerprint density at radius 2 is 1.86 bits per heavy atom. The molecule has 3 N–H and O–H groups in total. The van der Waals surface area contributed by atoms with Gasteiger partial charge < -0.3 is 10.8 Å². The standard InChI is InChI=1S/C11H16BrNO/c1-6-7(2)10(12)5-4-9(6)11(14)8(3)13/h4-5,8,11,14H,13H2,1-3H3/t8-,11-/m1/s1. The molecule has 0 aromatic heterocycles. The summed E-state index contributed by atoms with van der Waals surface area (Å²) in [6.45, 7) is 5.83. The summed E-state index contributed by atoms with van der Waals surface area (Å²) in [6, 6.07) is 3.62. The quantitative estimate of drug-likeness (QED) is 0.855. The first-order valence-corrected chi connectivity index (χ1v) is 5.43. The number of halogens is 1. The normalized spacial score (nSPS) is 15.3. The van der Waals surface area contributed by atoms with Gasteiger partial charge in [-0.25, -0.2) is 0 Å². The highest BCUT2D eigenvalue weighted by Gasteiger charge is 2.16. The van der Waals surface area contributed by atoms with Crippen molar-refractivity contribution in [2.45, 2.75) is 32.9 Å². The molecule has 78 valence electrons. The summed E-state index contributed by atoms with van der Waals surface area (Å²) in [7, 11) is 0. The van der Waals surface area contributed by atoms with Crippen LogP contribution in [-0.2, 0) is 0 Å². The number of hydrogen-bond acceptors (Lipinski definition) is 2. The molecule has 0 aliphatic rings. The topological polar surface area (TPSA) is 46.2 Å². The fraction of sp³-hybridized carbons (Fsp3) is 0.455. The summed E-state index contributed by atoms with van der Waals surface area (Å²) in [5.74, 6) is 0. The van der Waals surface area contributed by atoms with E-state index in [1.165, 1.54) is 0 Å². The molecule has 2 nitrogen and oxygen atoms in total. The number of aliphatic hydroxyl groups is 1. The summed E-state index contributed by atoms with van der Waals surface area (Å²) < 4.78 is 1.07. The van der Waals surface area contributed by atoms with Gasteiger partial charge in [0.05, 0.1) is 6.10 Å². The van der Waals surface area contributed by atoms with Crippen molar-refractivity contribution in [2.24, 2.45) is 5.73 Å². The van der Waals surface area contributed by atoms with Gasteiger partial charge in [-0.3, -0.25) is 0 Å². The molecule has 0 fully saturated rings. The van der Waals surface area contributed by atoms with E-state index >= 15 is 0 Å². The number of rotatable bonds is 2. The van der Waals surface area contributed by atoms with Gasteiger partial charge in [0.25, 0.3) is 0 Å². The molecule has 1 rings (SSSR count). The van der Waals surface area contributed by atoms with Crippen molar-refractivity contribution in [3.8, 4) is 0 Å². The molecule has 0 amide bonds. The summed E-state index contributed by atoms with van der Waals surface area (Å²) in [5.41, 5.74) is 8.84. The molecule has 0 aliphatic carbocycles. The van der Waals surface area contributed by atoms with E-state index in [4.69, 9.17) is 5.73 Å². The van der Waals surface area contributed by atoms with Crippen molar-refractivity contribution in [1.29, 1.82) is 0 Å². The second-order valence-corrected chi connectivity index (χ2v) is 4.54. The average Bonchev–Trinajstić information content (AvgIpc) is 2.13. The van der Waals surface area contributed by atoms with Crippen molar-refractivity contribution in [3.63, 3.8) is 0 Å². The molecule has 0 spiro atoms. The molecule has 0 unspecified atom stereocenters. The van der Waals surface area contributed by atoms with Crippen LogP contribution in [0, 0.1) is 13.8 Å². The van der Waals surface area contributed by atoms with Gasteiger partial charge in [-0.2, -0.15) is 0 Å². The second-order valence-electron chi connectivity index (χ2n) is 3.69. The minimum Gasteiger partial charge on any atom is -0.387 e. The maximum atomic E-state index is 9.85. The highest BCUT2D eigenvalue weighted by molar-refractivity contribution is 9.10. The van der Waals surface area contributed by atoms with Gasteiger partial charge >= 0.3 is 0 Å². The Morgan fingerprint density at radius 3 is 2.36 bits per heavy atom. The van der Waals surface area contributed by atoms with E-state index < -0.39 is 6.10 Å². The van der Waals surface area contributed by atoms with E-state index in [9.17, 15) is 5.11 Å². The van der Waals surface area contributed by atoms with E-state index in [-0.39, 0.29) is 6.04 Å². The molecule has 1 aromatic carbocycles. The minimum atomic E-state index is -0.582. The Kier molecular flexibility index (Phi) is 3.70. The summed E-state index contributed by atoms with van der Waals surface area (Å²) in [4.78, 5) is 0. The third kappa shape index (κ3) is 2.16. The lowest BCUT2D eigenvalue weighted by atomic mass is 9.96. The fourth-order valence-electron chi connectivity index (χ4n) is 1.41. The van der Waals surface area contributed by atoms with Crippen molar-refractivity contribution in [1.82, 2.24) is 0 Å². The van der Waals surface area contributed by atoms with E-state index in [1.54, 1.807) is 0 Å². The SMILES string of the molecule is Cc1c(Br)ccc([C@H](O)[C@@H](C)N)c1C. The van der Waals surface area contributed by atoms with E-state index in [1.807, 2.05) is 32.9 Å². The van der Waals surface area contributed by atoms with Crippen LogP contribution in [-0.4, -0.2) is 11.1 Å². The third-order valence-corrected chi connectivity index (χ3v) is 3.44. The lowest BCUT2D eigenvalue weighted by Crippen LogP contribution is -2.25. The molecule has 0 saturated carbocycles. The highest BCUT2D eigenvalue weighted by Crippen LogP contribution is 2.27. The largest absolute Gasteiger partial charge is 0.387 e. The van der Waals surface area contributed by atoms with Gasteiger partial charge in [0.15, 0.2) is 0 Å². The molecule has 0 radical (unpaired) electrons. The van der Waals surface area contributed by atoms with Crippen LogP contribution >= 0.6 is 15.9 Å². The van der Waals surface area contributed by atoms with E-state index in [2.05, 4.69) is 15.9 Å². The molecule has 0 bridgehead atoms. The molecule has 0 heterocycles. The van der Waals surface area contributed by atoms with Crippen LogP contribution in [0.5, 0.6) is 0 Å². The van der Waals surface area contributed by atoms with Crippen molar-refractivity contribution in [3.05, 3.63) is 33.3 Å². The van der Waals surface area contributed by atoms with Crippen molar-refractivity contribution in [2.75, 3.05) is 0 Å². The Bertz CT molecular complexity index is 336. The molecule has 1 aromatic rings. The summed E-state index contributed by atoms with van der Waals surface area (Å²) in [5, 5.41) is 9.85. The predicted molar refractivity (Wildman–Crippen MR) is 62.2 cm³/mol. The third-order valence-electron chi connectivity index (χ3n) is 2.58. The van der Waals surface area contributed by atoms with Gasteiger partial charge in [0, 0.05) is 10.5 Å². The predicted octanol–water partition coefficient (Wildman–Crippen LogP) is 2.45. The smallest absolute Gasteiger partial charge is 0.0940 e. The number of nitrogens with two attached hydrogens (primary N) is 1. The summed E-state index contributed by atoms with van der Waals surface area (Å²) in [6.07, 6.45) is -0.582. The van der Waals surface area contributed by atoms with Crippen molar-refractivity contribution < 1.29 is 5.11 Å². The highest BCUT2D eigenvalue weighted by atomic mass is 79.9. The van der Waals surface area contributed by atoms with Gasteiger partial charge in [-0.05, 0) is 43.5 Å². The van der Waals surface area contributed by atoms with Crippen LogP contribution in [0.1, 0.15) is 29.7 Å². The zero-order chi connectivity index (χ0) is 10.9. The second kappa shape index (κ2) is 4.43. The van der Waals surface area contributed by atoms with Gasteiger partial charge in [-0.1, -0.05) is 22.0 Å². The van der Waals surface area contributed by atoms with Gasteiger partial charge in [0.1, 0.15) is 0 Å². The van der Waals surface area contributed by atoms with Crippen LogP contribution in [0.25, 0.3) is 0 Å². The monoisotopic (exact) mass is 257 g/mol. The van der Waals surface area contributed by atoms with E-state index in [0.717, 1.165) is 21.2 Å². The molecular formula is C11H16BrNO. The molecule has 14 heavy (non-hydrogen) atoms. The average molecular weight is 258 g/mol. The van der Waals surface area contributed by atoms with Crippen LogP contribution in [0.3, 0.4) is 0 Å². The fourth-order valence-corrected chi connectivity index (χ4v) is 1.84. The Labute approximate surface area is 93.3 Å². The maximum absolute atomic E-state index is 9.85. The van der Waals surface area contributed by atoms with Crippen LogP contribution < -0.4 is 5.73 Å². The molecule has 2 atom stereocenters. The Balaban J connectivity index is 3.17. The van der Waals surface area contributed by atoms with Gasteiger partial charge in [-0.15, -0.1) is 0 Å². The molecule has 0 aliphatic heterocycles. The lowest BCUT2D eigenvalue weighted by Gasteiger charge is -2.19. The molecular weight excluding hydrogens is 242 g/mol. The van der Waals surface area contributed by atoms with Crippen molar-refractivity contribution >= 4 is 15.9 Å². The number of aliphatic hydroxyl groups excluding tert-OH is 1. The van der Waals surface area contributed by atoms with Crippen LogP contribution in [0.15, 0.2) is 16.6 Å². The number of benzene rings is 1.